The molecule has 0 fully saturated rings. The number of carbonyl (C=O) groups excluding carboxylic acids is 2. The van der Waals surface area contributed by atoms with E-state index in [4.69, 9.17) is 0 Å². The molecular formula is C13H20N4O2. The Kier molecular flexibility index (Phi) is 5.29. The zero-order valence-electron chi connectivity index (χ0n) is 11.7. The Labute approximate surface area is 113 Å². The Bertz CT molecular complexity index is 451. The molecule has 2 amide bonds. The van der Waals surface area contributed by atoms with Crippen molar-refractivity contribution in [3.05, 3.63) is 23.4 Å². The Morgan fingerprint density at radius 1 is 1.32 bits per heavy atom. The van der Waals surface area contributed by atoms with E-state index in [2.05, 4.69) is 20.9 Å². The highest BCUT2D eigenvalue weighted by Gasteiger charge is 2.16. The molecule has 1 rings (SSSR count). The molecule has 6 nitrogen and oxygen atoms in total. The van der Waals surface area contributed by atoms with Crippen LogP contribution in [0.2, 0.25) is 0 Å². The van der Waals surface area contributed by atoms with Gasteiger partial charge in [-0.2, -0.15) is 0 Å². The molecule has 0 spiro atoms. The molecule has 0 radical (unpaired) electrons. The average Bonchev–Trinajstić information content (AvgIpc) is 2.45. The largest absolute Gasteiger partial charge is 0.373 e. The highest BCUT2D eigenvalue weighted by Crippen LogP contribution is 2.11. The Morgan fingerprint density at radius 2 is 2.00 bits per heavy atom. The van der Waals surface area contributed by atoms with Crippen molar-refractivity contribution in [2.75, 3.05) is 19.4 Å². The summed E-state index contributed by atoms with van der Waals surface area (Å²) in [6.45, 7) is 3.61. The molecule has 0 aliphatic heterocycles. The molecule has 104 valence electrons. The lowest BCUT2D eigenvalue weighted by atomic mass is 10.1. The maximum absolute atomic E-state index is 12.1. The maximum atomic E-state index is 12.1. The fourth-order valence-corrected chi connectivity index (χ4v) is 1.59. The first-order valence-electron chi connectivity index (χ1n) is 6.23. The van der Waals surface area contributed by atoms with Crippen molar-refractivity contribution in [3.63, 3.8) is 0 Å². The van der Waals surface area contributed by atoms with Crippen molar-refractivity contribution in [1.82, 2.24) is 15.6 Å². The average molecular weight is 264 g/mol. The molecule has 1 heterocycles. The maximum Gasteiger partial charge on any atom is 0.252 e. The Morgan fingerprint density at radius 3 is 2.53 bits per heavy atom. The van der Waals surface area contributed by atoms with Crippen LogP contribution < -0.4 is 16.0 Å². The van der Waals surface area contributed by atoms with Crippen molar-refractivity contribution in [2.45, 2.75) is 26.3 Å². The minimum absolute atomic E-state index is 0.230. The quantitative estimate of drug-likeness (QED) is 0.725. The highest BCUT2D eigenvalue weighted by atomic mass is 16.2. The summed E-state index contributed by atoms with van der Waals surface area (Å²) in [5, 5.41) is 8.05. The van der Waals surface area contributed by atoms with E-state index in [-0.39, 0.29) is 11.8 Å². The first-order chi connectivity index (χ1) is 9.01. The minimum atomic E-state index is -0.575. The van der Waals surface area contributed by atoms with Crippen LogP contribution in [-0.4, -0.2) is 36.9 Å². The molecule has 1 atom stereocenters. The summed E-state index contributed by atoms with van der Waals surface area (Å²) in [6.07, 6.45) is 0.737. The molecule has 6 heteroatoms. The van der Waals surface area contributed by atoms with Crippen LogP contribution in [0.25, 0.3) is 0 Å². The van der Waals surface area contributed by atoms with Gasteiger partial charge in [-0.05, 0) is 25.5 Å². The Hall–Kier alpha value is -2.11. The number of likely N-dealkylation sites (N-methyl/N-ethyl adjacent to an activating group) is 1. The van der Waals surface area contributed by atoms with Gasteiger partial charge >= 0.3 is 0 Å². The molecule has 0 aromatic carbocycles. The van der Waals surface area contributed by atoms with Crippen LogP contribution in [0.1, 0.15) is 29.9 Å². The molecule has 1 aromatic heterocycles. The number of nitrogens with zero attached hydrogens (tertiary/aromatic N) is 1. The van der Waals surface area contributed by atoms with Crippen LogP contribution >= 0.6 is 0 Å². The number of rotatable bonds is 5. The predicted octanol–water partition coefficient (Wildman–Crippen LogP) is 0.550. The summed E-state index contributed by atoms with van der Waals surface area (Å²) in [5.41, 5.74) is 1.32. The third kappa shape index (κ3) is 3.94. The van der Waals surface area contributed by atoms with Gasteiger partial charge in [-0.25, -0.2) is 4.98 Å². The van der Waals surface area contributed by atoms with E-state index in [1.807, 2.05) is 6.92 Å². The van der Waals surface area contributed by atoms with E-state index in [0.29, 0.717) is 11.4 Å². The van der Waals surface area contributed by atoms with E-state index < -0.39 is 6.04 Å². The highest BCUT2D eigenvalue weighted by molar-refractivity contribution is 5.98. The van der Waals surface area contributed by atoms with Crippen LogP contribution in [0, 0.1) is 0 Å². The normalized spacial score (nSPS) is 11.6. The van der Waals surface area contributed by atoms with Crippen molar-refractivity contribution in [1.29, 1.82) is 0 Å². The number of nitrogens with one attached hydrogen (secondary N) is 3. The summed E-state index contributed by atoms with van der Waals surface area (Å²) < 4.78 is 0. The SMILES string of the molecule is CCc1cc(C(=O)NC(C)C(=O)NC)cc(NC)n1. The summed E-state index contributed by atoms with van der Waals surface area (Å²) in [5.74, 6) is 0.119. The second kappa shape index (κ2) is 6.72. The second-order valence-electron chi connectivity index (χ2n) is 4.15. The third-order valence-electron chi connectivity index (χ3n) is 2.75. The summed E-state index contributed by atoms with van der Waals surface area (Å²) in [7, 11) is 3.28. The standard InChI is InChI=1S/C13H20N4O2/c1-5-10-6-9(7-11(14-3)17-10)13(19)16-8(2)12(18)15-4/h6-8H,5H2,1-4H3,(H,14,17)(H,15,18)(H,16,19). The number of aromatic nitrogens is 1. The molecule has 3 N–H and O–H groups in total. The molecular weight excluding hydrogens is 244 g/mol. The van der Waals surface area contributed by atoms with Crippen LogP contribution in [0.15, 0.2) is 12.1 Å². The van der Waals surface area contributed by atoms with Gasteiger partial charge in [0, 0.05) is 25.4 Å². The van der Waals surface area contributed by atoms with Gasteiger partial charge < -0.3 is 16.0 Å². The number of amides is 2. The number of carbonyl (C=O) groups is 2. The molecule has 0 saturated heterocycles. The van der Waals surface area contributed by atoms with Crippen LogP contribution in [0.3, 0.4) is 0 Å². The van der Waals surface area contributed by atoms with E-state index in [9.17, 15) is 9.59 Å². The molecule has 19 heavy (non-hydrogen) atoms. The van der Waals surface area contributed by atoms with Gasteiger partial charge in [-0.1, -0.05) is 6.92 Å². The van der Waals surface area contributed by atoms with Gasteiger partial charge in [-0.15, -0.1) is 0 Å². The van der Waals surface area contributed by atoms with Crippen LogP contribution in [0.5, 0.6) is 0 Å². The fourth-order valence-electron chi connectivity index (χ4n) is 1.59. The van der Waals surface area contributed by atoms with Crippen molar-refractivity contribution in [2.24, 2.45) is 0 Å². The van der Waals surface area contributed by atoms with Gasteiger partial charge in [0.05, 0.1) is 0 Å². The first kappa shape index (κ1) is 14.9. The lowest BCUT2D eigenvalue weighted by Gasteiger charge is -2.13. The van der Waals surface area contributed by atoms with Gasteiger partial charge in [0.15, 0.2) is 0 Å². The summed E-state index contributed by atoms with van der Waals surface area (Å²) in [6, 6.07) is 2.81. The van der Waals surface area contributed by atoms with Gasteiger partial charge in [-0.3, -0.25) is 9.59 Å². The second-order valence-corrected chi connectivity index (χ2v) is 4.15. The predicted molar refractivity (Wildman–Crippen MR) is 74.2 cm³/mol. The molecule has 0 bridgehead atoms. The monoisotopic (exact) mass is 264 g/mol. The third-order valence-corrected chi connectivity index (χ3v) is 2.75. The molecule has 0 aliphatic carbocycles. The van der Waals surface area contributed by atoms with E-state index >= 15 is 0 Å². The summed E-state index contributed by atoms with van der Waals surface area (Å²) >= 11 is 0. The first-order valence-corrected chi connectivity index (χ1v) is 6.23. The molecule has 0 saturated carbocycles. The van der Waals surface area contributed by atoms with Crippen molar-refractivity contribution < 1.29 is 9.59 Å². The number of hydrogen-bond acceptors (Lipinski definition) is 4. The topological polar surface area (TPSA) is 83.1 Å². The van der Waals surface area contributed by atoms with Crippen molar-refractivity contribution >= 4 is 17.6 Å². The smallest absolute Gasteiger partial charge is 0.252 e. The van der Waals surface area contributed by atoms with Gasteiger partial charge in [0.1, 0.15) is 11.9 Å². The van der Waals surface area contributed by atoms with Gasteiger partial charge in [0.2, 0.25) is 5.91 Å². The van der Waals surface area contributed by atoms with Gasteiger partial charge in [0.25, 0.3) is 5.91 Å². The molecule has 1 aromatic rings. The van der Waals surface area contributed by atoms with E-state index in [1.54, 1.807) is 26.1 Å². The minimum Gasteiger partial charge on any atom is -0.373 e. The van der Waals surface area contributed by atoms with Crippen molar-refractivity contribution in [3.8, 4) is 0 Å². The number of pyridine rings is 1. The zero-order chi connectivity index (χ0) is 14.4. The number of anilines is 1. The number of aryl methyl sites for hydroxylation is 1. The molecule has 0 aliphatic rings. The van der Waals surface area contributed by atoms with E-state index in [0.717, 1.165) is 12.1 Å². The lowest BCUT2D eigenvalue weighted by molar-refractivity contribution is -0.122. The lowest BCUT2D eigenvalue weighted by Crippen LogP contribution is -2.43. The van der Waals surface area contributed by atoms with Crippen LogP contribution in [-0.2, 0) is 11.2 Å². The zero-order valence-corrected chi connectivity index (χ0v) is 11.7. The molecule has 1 unspecified atom stereocenters. The number of hydrogen-bond donors (Lipinski definition) is 3. The van der Waals surface area contributed by atoms with E-state index in [1.165, 1.54) is 7.05 Å². The Balaban J connectivity index is 2.90. The fraction of sp³-hybridized carbons (Fsp3) is 0.462. The van der Waals surface area contributed by atoms with Crippen LogP contribution in [0.4, 0.5) is 5.82 Å². The summed E-state index contributed by atoms with van der Waals surface area (Å²) in [4.78, 5) is 27.8.